The molecule has 26 heavy (non-hydrogen) atoms. The van der Waals surface area contributed by atoms with Gasteiger partial charge in [0.1, 0.15) is 10.7 Å². The molecular formula is C16H14N6O2S2. The van der Waals surface area contributed by atoms with E-state index in [9.17, 15) is 9.59 Å². The van der Waals surface area contributed by atoms with Crippen LogP contribution in [0, 0.1) is 5.92 Å². The van der Waals surface area contributed by atoms with Crippen molar-refractivity contribution in [2.24, 2.45) is 5.92 Å². The van der Waals surface area contributed by atoms with Crippen LogP contribution in [-0.4, -0.2) is 38.3 Å². The number of aromatic nitrogens is 4. The average Bonchev–Trinajstić information content (AvgIpc) is 3.41. The molecule has 0 saturated carbocycles. The summed E-state index contributed by atoms with van der Waals surface area (Å²) in [5, 5.41) is 7.95. The summed E-state index contributed by atoms with van der Waals surface area (Å²) in [5.74, 6) is -0.588. The molecule has 0 aromatic carbocycles. The van der Waals surface area contributed by atoms with Gasteiger partial charge in [-0.1, -0.05) is 0 Å². The van der Waals surface area contributed by atoms with Gasteiger partial charge in [0.15, 0.2) is 5.13 Å². The van der Waals surface area contributed by atoms with E-state index in [1.807, 2.05) is 10.8 Å². The van der Waals surface area contributed by atoms with E-state index in [4.69, 9.17) is 0 Å². The predicted octanol–water partition coefficient (Wildman–Crippen LogP) is 1.73. The highest BCUT2D eigenvalue weighted by molar-refractivity contribution is 7.13. The predicted molar refractivity (Wildman–Crippen MR) is 97.6 cm³/mol. The van der Waals surface area contributed by atoms with Gasteiger partial charge in [-0.3, -0.25) is 24.5 Å². The largest absolute Gasteiger partial charge is 0.350 e. The lowest BCUT2D eigenvalue weighted by molar-refractivity contribution is -0.126. The fourth-order valence-corrected chi connectivity index (χ4v) is 4.10. The average molecular weight is 386 g/mol. The fraction of sp³-hybridized carbons (Fsp3) is 0.250. The molecule has 0 aliphatic carbocycles. The normalized spacial score (nSPS) is 16.8. The van der Waals surface area contributed by atoms with E-state index in [2.05, 4.69) is 25.3 Å². The fourth-order valence-electron chi connectivity index (χ4n) is 2.65. The topological polar surface area (TPSA) is 101 Å². The van der Waals surface area contributed by atoms with Crippen molar-refractivity contribution in [1.82, 2.24) is 25.3 Å². The van der Waals surface area contributed by atoms with Gasteiger partial charge in [0.25, 0.3) is 0 Å². The van der Waals surface area contributed by atoms with Crippen LogP contribution in [0.15, 0.2) is 35.5 Å². The molecule has 1 saturated heterocycles. The second-order valence-corrected chi connectivity index (χ2v) is 7.40. The standard InChI is InChI=1S/C16H14N6O2S2/c23-13-5-10(8-22(13)16-19-3-4-25-16)14(24)20-6-11-9-26-15(21-11)12-7-17-1-2-18-12/h1-4,7,9-10H,5-6,8H2,(H,20,24). The van der Waals surface area contributed by atoms with Gasteiger partial charge < -0.3 is 5.32 Å². The van der Waals surface area contributed by atoms with E-state index in [1.165, 1.54) is 22.7 Å². The number of hydrogen-bond donors (Lipinski definition) is 1. The zero-order chi connectivity index (χ0) is 17.9. The summed E-state index contributed by atoms with van der Waals surface area (Å²) in [6, 6.07) is 0. The maximum absolute atomic E-state index is 12.4. The minimum Gasteiger partial charge on any atom is -0.350 e. The molecule has 1 fully saturated rings. The minimum absolute atomic E-state index is 0.0707. The Morgan fingerprint density at radius 1 is 1.27 bits per heavy atom. The molecule has 4 rings (SSSR count). The van der Waals surface area contributed by atoms with Gasteiger partial charge in [-0.05, 0) is 0 Å². The van der Waals surface area contributed by atoms with Crippen LogP contribution in [0.3, 0.4) is 0 Å². The summed E-state index contributed by atoms with van der Waals surface area (Å²) in [6.45, 7) is 0.678. The Bertz CT molecular complexity index is 912. The smallest absolute Gasteiger partial charge is 0.229 e. The molecule has 4 heterocycles. The highest BCUT2D eigenvalue weighted by Crippen LogP contribution is 2.27. The Kier molecular flexibility index (Phi) is 4.67. The summed E-state index contributed by atoms with van der Waals surface area (Å²) in [6.07, 6.45) is 6.73. The van der Waals surface area contributed by atoms with Crippen LogP contribution in [0.25, 0.3) is 10.7 Å². The summed E-state index contributed by atoms with van der Waals surface area (Å²) in [7, 11) is 0. The van der Waals surface area contributed by atoms with Crippen molar-refractivity contribution in [2.45, 2.75) is 13.0 Å². The number of amides is 2. The summed E-state index contributed by atoms with van der Waals surface area (Å²) >= 11 is 2.84. The number of nitrogens with zero attached hydrogens (tertiary/aromatic N) is 5. The van der Waals surface area contributed by atoms with E-state index in [-0.39, 0.29) is 24.2 Å². The number of carbonyl (C=O) groups excluding carboxylic acids is 2. The third kappa shape index (κ3) is 3.46. The zero-order valence-electron chi connectivity index (χ0n) is 13.5. The van der Waals surface area contributed by atoms with E-state index in [0.717, 1.165) is 10.7 Å². The number of carbonyl (C=O) groups is 2. The minimum atomic E-state index is -0.371. The molecule has 0 spiro atoms. The molecule has 2 amide bonds. The number of nitrogens with one attached hydrogen (secondary N) is 1. The van der Waals surface area contributed by atoms with Crippen LogP contribution < -0.4 is 10.2 Å². The second-order valence-electron chi connectivity index (χ2n) is 5.67. The van der Waals surface area contributed by atoms with Crippen LogP contribution in [0.1, 0.15) is 12.1 Å². The van der Waals surface area contributed by atoms with E-state index in [1.54, 1.807) is 29.7 Å². The van der Waals surface area contributed by atoms with E-state index in [0.29, 0.717) is 23.9 Å². The van der Waals surface area contributed by atoms with Gasteiger partial charge >= 0.3 is 0 Å². The molecule has 8 nitrogen and oxygen atoms in total. The third-order valence-corrected chi connectivity index (χ3v) is 5.63. The first kappa shape index (κ1) is 16.7. The Morgan fingerprint density at radius 2 is 2.19 bits per heavy atom. The molecule has 1 aliphatic rings. The Labute approximate surface area is 157 Å². The van der Waals surface area contributed by atoms with Crippen LogP contribution in [-0.2, 0) is 16.1 Å². The quantitative estimate of drug-likeness (QED) is 0.717. The molecule has 3 aromatic heterocycles. The van der Waals surface area contributed by atoms with Crippen molar-refractivity contribution in [3.63, 3.8) is 0 Å². The van der Waals surface area contributed by atoms with Crippen molar-refractivity contribution >= 4 is 39.6 Å². The van der Waals surface area contributed by atoms with E-state index >= 15 is 0 Å². The number of thiazole rings is 2. The molecule has 1 N–H and O–H groups in total. The molecular weight excluding hydrogens is 372 g/mol. The van der Waals surface area contributed by atoms with Crippen LogP contribution in [0.5, 0.6) is 0 Å². The molecule has 132 valence electrons. The Balaban J connectivity index is 1.35. The Morgan fingerprint density at radius 3 is 2.96 bits per heavy atom. The first-order valence-electron chi connectivity index (χ1n) is 7.89. The highest BCUT2D eigenvalue weighted by Gasteiger charge is 2.36. The zero-order valence-corrected chi connectivity index (χ0v) is 15.2. The summed E-state index contributed by atoms with van der Waals surface area (Å²) in [4.78, 5) is 42.9. The van der Waals surface area contributed by atoms with Crippen molar-refractivity contribution < 1.29 is 9.59 Å². The lowest BCUT2D eigenvalue weighted by Crippen LogP contribution is -2.32. The summed E-state index contributed by atoms with van der Waals surface area (Å²) < 4.78 is 0. The first-order chi connectivity index (χ1) is 12.7. The van der Waals surface area contributed by atoms with Gasteiger partial charge in [0, 0.05) is 42.3 Å². The lowest BCUT2D eigenvalue weighted by Gasteiger charge is -2.12. The molecule has 1 unspecified atom stereocenters. The van der Waals surface area contributed by atoms with Crippen molar-refractivity contribution in [3.05, 3.63) is 41.2 Å². The molecule has 0 bridgehead atoms. The number of anilines is 1. The van der Waals surface area contributed by atoms with Crippen LogP contribution >= 0.6 is 22.7 Å². The van der Waals surface area contributed by atoms with E-state index < -0.39 is 0 Å². The number of rotatable bonds is 5. The van der Waals surface area contributed by atoms with Crippen molar-refractivity contribution in [2.75, 3.05) is 11.4 Å². The molecule has 10 heteroatoms. The maximum Gasteiger partial charge on any atom is 0.229 e. The molecule has 3 aromatic rings. The van der Waals surface area contributed by atoms with Gasteiger partial charge in [-0.15, -0.1) is 22.7 Å². The summed E-state index contributed by atoms with van der Waals surface area (Å²) in [5.41, 5.74) is 1.46. The monoisotopic (exact) mass is 386 g/mol. The molecule has 1 atom stereocenters. The number of hydrogen-bond acceptors (Lipinski definition) is 8. The third-order valence-electron chi connectivity index (χ3n) is 3.92. The van der Waals surface area contributed by atoms with Gasteiger partial charge in [0.2, 0.25) is 11.8 Å². The molecule has 0 radical (unpaired) electrons. The Hall–Kier alpha value is -2.72. The van der Waals surface area contributed by atoms with Gasteiger partial charge in [0.05, 0.1) is 24.4 Å². The molecule has 1 aliphatic heterocycles. The van der Waals surface area contributed by atoms with Crippen molar-refractivity contribution in [1.29, 1.82) is 0 Å². The lowest BCUT2D eigenvalue weighted by atomic mass is 10.1. The van der Waals surface area contributed by atoms with Gasteiger partial charge in [-0.2, -0.15) is 0 Å². The first-order valence-corrected chi connectivity index (χ1v) is 9.65. The van der Waals surface area contributed by atoms with Crippen molar-refractivity contribution in [3.8, 4) is 10.7 Å². The SMILES string of the molecule is O=C(NCc1csc(-c2cnccn2)n1)C1CC(=O)N(c2nccs2)C1. The second kappa shape index (κ2) is 7.26. The highest BCUT2D eigenvalue weighted by atomic mass is 32.1. The van der Waals surface area contributed by atoms with Crippen LogP contribution in [0.4, 0.5) is 5.13 Å². The van der Waals surface area contributed by atoms with Gasteiger partial charge in [-0.25, -0.2) is 9.97 Å². The van der Waals surface area contributed by atoms with Crippen LogP contribution in [0.2, 0.25) is 0 Å². The maximum atomic E-state index is 12.4.